The van der Waals surface area contributed by atoms with Gasteiger partial charge in [0.15, 0.2) is 0 Å². The Bertz CT molecular complexity index is 580. The lowest BCUT2D eigenvalue weighted by atomic mass is 10.1. The fraction of sp³-hybridized carbons (Fsp3) is 0.0909. The van der Waals surface area contributed by atoms with E-state index in [0.717, 1.165) is 5.39 Å². The molecule has 0 aromatic heterocycles. The summed E-state index contributed by atoms with van der Waals surface area (Å²) in [6, 6.07) is 11.6. The number of hydrogen-bond acceptors (Lipinski definition) is 2. The second-order valence-electron chi connectivity index (χ2n) is 3.41. The summed E-state index contributed by atoms with van der Waals surface area (Å²) in [5.74, 6) is -0.0192. The quantitative estimate of drug-likeness (QED) is 0.855. The number of halogens is 2. The topological polar surface area (TPSA) is 46.5 Å². The van der Waals surface area contributed by atoms with E-state index < -0.39 is 13.8 Å². The first-order chi connectivity index (χ1) is 8.00. The summed E-state index contributed by atoms with van der Waals surface area (Å²) >= 11 is 0. The monoisotopic (exact) mass is 258 g/mol. The Hall–Kier alpha value is -1.45. The SMILES string of the molecule is O=P(O)(Oc1cccc2ccccc12)C(F)F. The molecular weight excluding hydrogens is 249 g/mol. The molecule has 2 aromatic rings. The maximum Gasteiger partial charge on any atom is 0.442 e. The molecule has 0 bridgehead atoms. The van der Waals surface area contributed by atoms with Crippen molar-refractivity contribution in [3.8, 4) is 5.75 Å². The first-order valence-corrected chi connectivity index (χ1v) is 6.43. The van der Waals surface area contributed by atoms with Crippen LogP contribution in [0.15, 0.2) is 42.5 Å². The van der Waals surface area contributed by atoms with Crippen LogP contribution in [0, 0.1) is 0 Å². The Kier molecular flexibility index (Phi) is 3.13. The number of hydrogen-bond donors (Lipinski definition) is 1. The smallest absolute Gasteiger partial charge is 0.420 e. The van der Waals surface area contributed by atoms with E-state index in [2.05, 4.69) is 4.52 Å². The predicted octanol–water partition coefficient (Wildman–Crippen LogP) is 3.63. The minimum Gasteiger partial charge on any atom is -0.420 e. The second kappa shape index (κ2) is 4.43. The van der Waals surface area contributed by atoms with E-state index in [1.807, 2.05) is 0 Å². The van der Waals surface area contributed by atoms with Crippen LogP contribution in [0.2, 0.25) is 0 Å². The zero-order valence-electron chi connectivity index (χ0n) is 8.59. The minimum absolute atomic E-state index is 0.0192. The zero-order chi connectivity index (χ0) is 12.5. The first-order valence-electron chi connectivity index (χ1n) is 4.79. The molecule has 0 saturated carbocycles. The predicted molar refractivity (Wildman–Crippen MR) is 60.4 cm³/mol. The molecule has 1 N–H and O–H groups in total. The third kappa shape index (κ3) is 2.46. The molecule has 1 unspecified atom stereocenters. The molecular formula is C11H9F2O3P. The summed E-state index contributed by atoms with van der Waals surface area (Å²) in [4.78, 5) is 8.99. The maximum atomic E-state index is 12.3. The largest absolute Gasteiger partial charge is 0.442 e. The van der Waals surface area contributed by atoms with Crippen molar-refractivity contribution in [1.82, 2.24) is 0 Å². The average molecular weight is 258 g/mol. The van der Waals surface area contributed by atoms with Gasteiger partial charge in [0.1, 0.15) is 5.75 Å². The van der Waals surface area contributed by atoms with Gasteiger partial charge >= 0.3 is 13.8 Å². The lowest BCUT2D eigenvalue weighted by Crippen LogP contribution is -2.01. The first kappa shape index (κ1) is 12.0. The van der Waals surface area contributed by atoms with Gasteiger partial charge in [-0.3, -0.25) is 0 Å². The Morgan fingerprint density at radius 3 is 2.47 bits per heavy atom. The molecule has 0 aliphatic heterocycles. The van der Waals surface area contributed by atoms with Gasteiger partial charge in [-0.1, -0.05) is 36.4 Å². The third-order valence-corrected chi connectivity index (χ3v) is 3.18. The molecule has 0 aliphatic carbocycles. The van der Waals surface area contributed by atoms with Gasteiger partial charge in [-0.15, -0.1) is 0 Å². The molecule has 0 aliphatic rings. The maximum absolute atomic E-state index is 12.3. The summed E-state index contributed by atoms with van der Waals surface area (Å²) in [5, 5.41) is 1.27. The summed E-state index contributed by atoms with van der Waals surface area (Å²) in [5.41, 5.74) is 0. The van der Waals surface area contributed by atoms with Crippen LogP contribution >= 0.6 is 7.60 Å². The van der Waals surface area contributed by atoms with E-state index in [-0.39, 0.29) is 5.75 Å². The average Bonchev–Trinajstić information content (AvgIpc) is 2.29. The van der Waals surface area contributed by atoms with Crippen molar-refractivity contribution >= 4 is 18.4 Å². The van der Waals surface area contributed by atoms with E-state index in [1.165, 1.54) is 6.07 Å². The van der Waals surface area contributed by atoms with Gasteiger partial charge in [0, 0.05) is 5.39 Å². The fourth-order valence-electron chi connectivity index (χ4n) is 1.46. The van der Waals surface area contributed by atoms with Gasteiger partial charge in [0.25, 0.3) is 0 Å². The van der Waals surface area contributed by atoms with E-state index in [0.29, 0.717) is 5.39 Å². The van der Waals surface area contributed by atoms with E-state index in [9.17, 15) is 13.3 Å². The van der Waals surface area contributed by atoms with Crippen LogP contribution in [-0.2, 0) is 4.57 Å². The van der Waals surface area contributed by atoms with Crippen LogP contribution in [0.1, 0.15) is 0 Å². The molecule has 2 rings (SSSR count). The van der Waals surface area contributed by atoms with Gasteiger partial charge in [0.2, 0.25) is 0 Å². The highest BCUT2D eigenvalue weighted by Gasteiger charge is 2.34. The van der Waals surface area contributed by atoms with Crippen molar-refractivity contribution in [2.75, 3.05) is 0 Å². The Morgan fingerprint density at radius 1 is 1.12 bits per heavy atom. The number of rotatable bonds is 3. The summed E-state index contributed by atoms with van der Waals surface area (Å²) in [6.07, 6.45) is -3.42. The van der Waals surface area contributed by atoms with Crippen LogP contribution < -0.4 is 4.52 Å². The van der Waals surface area contributed by atoms with Crippen molar-refractivity contribution in [1.29, 1.82) is 0 Å². The Labute approximate surface area is 96.2 Å². The van der Waals surface area contributed by atoms with Crippen molar-refractivity contribution in [3.63, 3.8) is 0 Å². The van der Waals surface area contributed by atoms with Crippen molar-refractivity contribution in [3.05, 3.63) is 42.5 Å². The fourth-order valence-corrected chi connectivity index (χ4v) is 1.98. The van der Waals surface area contributed by atoms with Gasteiger partial charge in [0.05, 0.1) is 0 Å². The number of alkyl halides is 2. The molecule has 0 spiro atoms. The lowest BCUT2D eigenvalue weighted by Gasteiger charge is -2.13. The zero-order valence-corrected chi connectivity index (χ0v) is 9.48. The third-order valence-electron chi connectivity index (χ3n) is 2.23. The molecule has 0 saturated heterocycles. The minimum atomic E-state index is -4.92. The number of fused-ring (bicyclic) bond motifs is 1. The molecule has 17 heavy (non-hydrogen) atoms. The summed E-state index contributed by atoms with van der Waals surface area (Å²) < 4.78 is 40.2. The highest BCUT2D eigenvalue weighted by atomic mass is 31.2. The molecule has 0 amide bonds. The molecule has 6 heteroatoms. The van der Waals surface area contributed by atoms with Crippen LogP contribution in [0.3, 0.4) is 0 Å². The number of benzene rings is 2. The standard InChI is InChI=1S/C11H9F2O3P/c12-11(13)17(14,15)16-10-7-3-5-8-4-1-2-6-9(8)10/h1-7,11H,(H,14,15). The molecule has 0 fully saturated rings. The molecule has 3 nitrogen and oxygen atoms in total. The van der Waals surface area contributed by atoms with E-state index in [4.69, 9.17) is 4.89 Å². The molecule has 0 heterocycles. The van der Waals surface area contributed by atoms with E-state index in [1.54, 1.807) is 36.4 Å². The summed E-state index contributed by atoms with van der Waals surface area (Å²) in [7, 11) is -4.92. The summed E-state index contributed by atoms with van der Waals surface area (Å²) in [6.45, 7) is 0. The second-order valence-corrected chi connectivity index (χ2v) is 5.11. The van der Waals surface area contributed by atoms with E-state index >= 15 is 0 Å². The van der Waals surface area contributed by atoms with Gasteiger partial charge in [-0.2, -0.15) is 8.78 Å². The normalized spacial score (nSPS) is 14.8. The van der Waals surface area contributed by atoms with Crippen LogP contribution in [-0.4, -0.2) is 11.1 Å². The van der Waals surface area contributed by atoms with Crippen LogP contribution in [0.4, 0.5) is 8.78 Å². The Morgan fingerprint density at radius 2 is 1.76 bits per heavy atom. The van der Waals surface area contributed by atoms with Crippen LogP contribution in [0.5, 0.6) is 5.75 Å². The molecule has 0 radical (unpaired) electrons. The molecule has 1 atom stereocenters. The van der Waals surface area contributed by atoms with Gasteiger partial charge in [-0.25, -0.2) is 4.57 Å². The molecule has 2 aromatic carbocycles. The highest BCUT2D eigenvalue weighted by Crippen LogP contribution is 2.50. The van der Waals surface area contributed by atoms with Crippen molar-refractivity contribution in [2.45, 2.75) is 6.17 Å². The van der Waals surface area contributed by atoms with Crippen molar-refractivity contribution < 1.29 is 22.8 Å². The highest BCUT2D eigenvalue weighted by molar-refractivity contribution is 7.53. The molecule has 90 valence electrons. The Balaban J connectivity index is 2.47. The van der Waals surface area contributed by atoms with Gasteiger partial charge in [-0.05, 0) is 11.5 Å². The van der Waals surface area contributed by atoms with Crippen molar-refractivity contribution in [2.24, 2.45) is 0 Å². The van der Waals surface area contributed by atoms with Gasteiger partial charge < -0.3 is 9.42 Å². The van der Waals surface area contributed by atoms with Crippen LogP contribution in [0.25, 0.3) is 10.8 Å². The lowest BCUT2D eigenvalue weighted by molar-refractivity contribution is 0.188.